The van der Waals surface area contributed by atoms with Crippen LogP contribution in [0.3, 0.4) is 0 Å². The van der Waals surface area contributed by atoms with E-state index in [1.807, 2.05) is 0 Å². The molecular weight excluding hydrogens is 322 g/mol. The first-order valence-electron chi connectivity index (χ1n) is 7.74. The SMILES string of the molecule is CC(=O)c1ccc(OC(=O)CCN2C(=O)c3ccccc3C2=O)cc1. The van der Waals surface area contributed by atoms with Crippen LogP contribution in [0, 0.1) is 0 Å². The van der Waals surface area contributed by atoms with Crippen LogP contribution in [0.4, 0.5) is 0 Å². The Morgan fingerprint density at radius 3 is 2.00 bits per heavy atom. The number of esters is 1. The Kier molecular flexibility index (Phi) is 4.43. The van der Waals surface area contributed by atoms with E-state index in [1.54, 1.807) is 36.4 Å². The van der Waals surface area contributed by atoms with E-state index in [4.69, 9.17) is 4.74 Å². The number of carbonyl (C=O) groups excluding carboxylic acids is 4. The molecule has 6 nitrogen and oxygen atoms in total. The highest BCUT2D eigenvalue weighted by molar-refractivity contribution is 6.21. The van der Waals surface area contributed by atoms with Crippen molar-refractivity contribution in [1.29, 1.82) is 0 Å². The number of carbonyl (C=O) groups is 4. The minimum Gasteiger partial charge on any atom is -0.426 e. The number of imide groups is 1. The molecule has 3 rings (SSSR count). The molecule has 0 aromatic heterocycles. The molecule has 0 fully saturated rings. The van der Waals surface area contributed by atoms with Gasteiger partial charge in [0.15, 0.2) is 5.78 Å². The highest BCUT2D eigenvalue weighted by Gasteiger charge is 2.35. The van der Waals surface area contributed by atoms with E-state index in [1.165, 1.54) is 19.1 Å². The summed E-state index contributed by atoms with van der Waals surface area (Å²) in [5.41, 5.74) is 1.22. The Morgan fingerprint density at radius 2 is 1.48 bits per heavy atom. The standard InChI is InChI=1S/C19H15NO5/c1-12(21)13-6-8-14(9-7-13)25-17(22)10-11-20-18(23)15-4-2-3-5-16(15)19(20)24/h2-9H,10-11H2,1H3. The van der Waals surface area contributed by atoms with E-state index in [9.17, 15) is 19.2 Å². The van der Waals surface area contributed by atoms with Crippen LogP contribution in [-0.2, 0) is 4.79 Å². The van der Waals surface area contributed by atoms with Crippen LogP contribution in [0.5, 0.6) is 5.75 Å². The van der Waals surface area contributed by atoms with Gasteiger partial charge in [-0.25, -0.2) is 0 Å². The molecule has 1 aliphatic heterocycles. The van der Waals surface area contributed by atoms with E-state index in [2.05, 4.69) is 0 Å². The van der Waals surface area contributed by atoms with Crippen molar-refractivity contribution in [2.24, 2.45) is 0 Å². The minimum absolute atomic E-state index is 0.0449. The second-order valence-electron chi connectivity index (χ2n) is 5.61. The lowest BCUT2D eigenvalue weighted by molar-refractivity contribution is -0.134. The van der Waals surface area contributed by atoms with Gasteiger partial charge in [0, 0.05) is 12.1 Å². The number of ketones is 1. The van der Waals surface area contributed by atoms with Gasteiger partial charge in [-0.05, 0) is 43.3 Å². The molecule has 0 spiro atoms. The highest BCUT2D eigenvalue weighted by atomic mass is 16.5. The summed E-state index contributed by atoms with van der Waals surface area (Å²) in [6, 6.07) is 12.7. The summed E-state index contributed by atoms with van der Waals surface area (Å²) < 4.78 is 5.16. The number of Topliss-reactive ketones (excluding diaryl/α,β-unsaturated/α-hetero) is 1. The fourth-order valence-electron chi connectivity index (χ4n) is 2.59. The number of hydrogen-bond donors (Lipinski definition) is 0. The fourth-order valence-corrected chi connectivity index (χ4v) is 2.59. The normalized spacial score (nSPS) is 12.9. The lowest BCUT2D eigenvalue weighted by Gasteiger charge is -2.13. The van der Waals surface area contributed by atoms with Gasteiger partial charge < -0.3 is 4.74 Å². The van der Waals surface area contributed by atoms with Gasteiger partial charge >= 0.3 is 5.97 Å². The molecule has 0 unspecified atom stereocenters. The Hall–Kier alpha value is -3.28. The quantitative estimate of drug-likeness (QED) is 0.362. The van der Waals surface area contributed by atoms with E-state index in [-0.39, 0.29) is 18.7 Å². The second-order valence-corrected chi connectivity index (χ2v) is 5.61. The van der Waals surface area contributed by atoms with E-state index < -0.39 is 17.8 Å². The van der Waals surface area contributed by atoms with E-state index in [0.717, 1.165) is 4.90 Å². The molecule has 6 heteroatoms. The number of fused-ring (bicyclic) bond motifs is 1. The molecule has 0 N–H and O–H groups in total. The molecule has 0 aliphatic carbocycles. The third-order valence-electron chi connectivity index (χ3n) is 3.91. The van der Waals surface area contributed by atoms with Crippen molar-refractivity contribution in [3.8, 4) is 5.75 Å². The summed E-state index contributed by atoms with van der Waals surface area (Å²) >= 11 is 0. The molecule has 2 aromatic carbocycles. The molecule has 0 saturated carbocycles. The summed E-state index contributed by atoms with van der Waals surface area (Å²) in [5.74, 6) is -1.15. The molecule has 25 heavy (non-hydrogen) atoms. The lowest BCUT2D eigenvalue weighted by atomic mass is 10.1. The zero-order valence-corrected chi connectivity index (χ0v) is 13.5. The van der Waals surface area contributed by atoms with Crippen LogP contribution in [-0.4, -0.2) is 35.0 Å². The average molecular weight is 337 g/mol. The van der Waals surface area contributed by atoms with Crippen LogP contribution in [0.2, 0.25) is 0 Å². The summed E-state index contributed by atoms with van der Waals surface area (Å²) in [5, 5.41) is 0. The molecule has 1 heterocycles. The lowest BCUT2D eigenvalue weighted by Crippen LogP contribution is -2.32. The topological polar surface area (TPSA) is 80.8 Å². The maximum atomic E-state index is 12.2. The maximum absolute atomic E-state index is 12.2. The molecule has 0 atom stereocenters. The molecule has 2 aromatic rings. The highest BCUT2D eigenvalue weighted by Crippen LogP contribution is 2.22. The Morgan fingerprint density at radius 1 is 0.920 bits per heavy atom. The summed E-state index contributed by atoms with van der Waals surface area (Å²) in [6.07, 6.45) is -0.111. The van der Waals surface area contributed by atoms with E-state index in [0.29, 0.717) is 22.4 Å². The predicted molar refractivity (Wildman–Crippen MR) is 88.5 cm³/mol. The van der Waals surface area contributed by atoms with Crippen molar-refractivity contribution >= 4 is 23.6 Å². The molecule has 1 aliphatic rings. The maximum Gasteiger partial charge on any atom is 0.312 e. The van der Waals surface area contributed by atoms with Gasteiger partial charge in [-0.2, -0.15) is 0 Å². The van der Waals surface area contributed by atoms with Gasteiger partial charge in [-0.3, -0.25) is 24.1 Å². The average Bonchev–Trinajstić information content (AvgIpc) is 2.85. The zero-order valence-electron chi connectivity index (χ0n) is 13.5. The third kappa shape index (κ3) is 3.33. The van der Waals surface area contributed by atoms with Crippen molar-refractivity contribution in [2.45, 2.75) is 13.3 Å². The first kappa shape index (κ1) is 16.6. The molecular formula is C19H15NO5. The van der Waals surface area contributed by atoms with Crippen LogP contribution < -0.4 is 4.74 Å². The summed E-state index contributed by atoms with van der Waals surface area (Å²) in [6.45, 7) is 1.40. The number of benzene rings is 2. The summed E-state index contributed by atoms with van der Waals surface area (Å²) in [4.78, 5) is 48.6. The number of hydrogen-bond acceptors (Lipinski definition) is 5. The van der Waals surface area contributed by atoms with Crippen molar-refractivity contribution < 1.29 is 23.9 Å². The van der Waals surface area contributed by atoms with Crippen molar-refractivity contribution in [2.75, 3.05) is 6.54 Å². The largest absolute Gasteiger partial charge is 0.426 e. The van der Waals surface area contributed by atoms with Crippen LogP contribution in [0.1, 0.15) is 44.4 Å². The molecule has 126 valence electrons. The van der Waals surface area contributed by atoms with Crippen LogP contribution >= 0.6 is 0 Å². The first-order valence-corrected chi connectivity index (χ1v) is 7.74. The van der Waals surface area contributed by atoms with Crippen molar-refractivity contribution in [3.63, 3.8) is 0 Å². The minimum atomic E-state index is -0.563. The first-order chi connectivity index (χ1) is 12.0. The van der Waals surface area contributed by atoms with E-state index >= 15 is 0 Å². The third-order valence-corrected chi connectivity index (χ3v) is 3.91. The molecule has 2 amide bonds. The zero-order chi connectivity index (χ0) is 18.0. The van der Waals surface area contributed by atoms with Gasteiger partial charge in [-0.1, -0.05) is 12.1 Å². The van der Waals surface area contributed by atoms with Gasteiger partial charge in [0.1, 0.15) is 5.75 Å². The summed E-state index contributed by atoms with van der Waals surface area (Å²) in [7, 11) is 0. The van der Waals surface area contributed by atoms with Crippen molar-refractivity contribution in [1.82, 2.24) is 4.90 Å². The van der Waals surface area contributed by atoms with Gasteiger partial charge in [-0.15, -0.1) is 0 Å². The van der Waals surface area contributed by atoms with Crippen LogP contribution in [0.15, 0.2) is 48.5 Å². The number of amides is 2. The Labute approximate surface area is 144 Å². The number of nitrogens with zero attached hydrogens (tertiary/aromatic N) is 1. The molecule has 0 saturated heterocycles. The molecule has 0 radical (unpaired) electrons. The van der Waals surface area contributed by atoms with Gasteiger partial charge in [0.25, 0.3) is 11.8 Å². The van der Waals surface area contributed by atoms with Gasteiger partial charge in [0.05, 0.1) is 17.5 Å². The fraction of sp³-hybridized carbons (Fsp3) is 0.158. The van der Waals surface area contributed by atoms with Crippen molar-refractivity contribution in [3.05, 3.63) is 65.2 Å². The Bertz CT molecular complexity index is 835. The number of ether oxygens (including phenoxy) is 1. The van der Waals surface area contributed by atoms with Crippen LogP contribution in [0.25, 0.3) is 0 Å². The number of rotatable bonds is 5. The predicted octanol–water partition coefficient (Wildman–Crippen LogP) is 2.48. The second kappa shape index (κ2) is 6.68. The smallest absolute Gasteiger partial charge is 0.312 e. The monoisotopic (exact) mass is 337 g/mol. The Balaban J connectivity index is 1.59. The molecule has 0 bridgehead atoms. The van der Waals surface area contributed by atoms with Gasteiger partial charge in [0.2, 0.25) is 0 Å².